The fourth-order valence-electron chi connectivity index (χ4n) is 2.26. The normalized spacial score (nSPS) is 11.2. The molecule has 0 unspecified atom stereocenters. The number of nitrogens with zero attached hydrogens (tertiary/aromatic N) is 3. The van der Waals surface area contributed by atoms with E-state index in [9.17, 15) is 0 Å². The number of nitrogens with two attached hydrogens (primary N) is 2. The molecule has 2 aromatic heterocycles. The third-order valence-corrected chi connectivity index (χ3v) is 3.30. The van der Waals surface area contributed by atoms with Crippen LogP contribution in [0, 0.1) is 0 Å². The molecule has 0 saturated heterocycles. The second-order valence-corrected chi connectivity index (χ2v) is 5.31. The van der Waals surface area contributed by atoms with Crippen LogP contribution in [0.5, 0.6) is 0 Å². The lowest BCUT2D eigenvalue weighted by molar-refractivity contribution is 0.872. The van der Waals surface area contributed by atoms with Crippen molar-refractivity contribution < 1.29 is 0 Å². The number of nitrogen functional groups attached to an aromatic ring is 2. The standard InChI is InChI=1S/C15H18N6/c1-9(2)12-8-18-21-14(7-13(17)20-15(12)21)19-11-5-3-4-10(16)6-11/h3-9,19H,16H2,1-2H3,(H2,17,20). The van der Waals surface area contributed by atoms with Gasteiger partial charge in [-0.05, 0) is 24.1 Å². The number of hydrogen-bond donors (Lipinski definition) is 3. The molecule has 0 saturated carbocycles. The van der Waals surface area contributed by atoms with Crippen molar-refractivity contribution in [3.63, 3.8) is 0 Å². The maximum absolute atomic E-state index is 5.92. The summed E-state index contributed by atoms with van der Waals surface area (Å²) >= 11 is 0. The summed E-state index contributed by atoms with van der Waals surface area (Å²) in [4.78, 5) is 4.39. The van der Waals surface area contributed by atoms with E-state index in [2.05, 4.69) is 29.2 Å². The SMILES string of the molecule is CC(C)c1cnn2c(Nc3cccc(N)c3)cc(N)nc12. The first-order valence-corrected chi connectivity index (χ1v) is 6.81. The van der Waals surface area contributed by atoms with Crippen LogP contribution in [0.2, 0.25) is 0 Å². The molecule has 0 aliphatic carbocycles. The van der Waals surface area contributed by atoms with Gasteiger partial charge in [-0.1, -0.05) is 19.9 Å². The van der Waals surface area contributed by atoms with Crippen LogP contribution in [0.1, 0.15) is 25.3 Å². The predicted octanol–water partition coefficient (Wildman–Crippen LogP) is 2.76. The van der Waals surface area contributed by atoms with Crippen molar-refractivity contribution in [1.29, 1.82) is 0 Å². The van der Waals surface area contributed by atoms with E-state index in [1.54, 1.807) is 10.6 Å². The van der Waals surface area contributed by atoms with Crippen molar-refractivity contribution in [3.8, 4) is 0 Å². The molecule has 6 nitrogen and oxygen atoms in total. The Bertz CT molecular complexity index is 790. The van der Waals surface area contributed by atoms with Crippen molar-refractivity contribution in [2.75, 3.05) is 16.8 Å². The van der Waals surface area contributed by atoms with Crippen LogP contribution in [0.25, 0.3) is 5.65 Å². The van der Waals surface area contributed by atoms with Crippen LogP contribution >= 0.6 is 0 Å². The number of benzene rings is 1. The second kappa shape index (κ2) is 4.97. The molecule has 0 aliphatic heterocycles. The van der Waals surface area contributed by atoms with Gasteiger partial charge in [0.2, 0.25) is 0 Å². The van der Waals surface area contributed by atoms with Gasteiger partial charge >= 0.3 is 0 Å². The maximum Gasteiger partial charge on any atom is 0.163 e. The molecular formula is C15H18N6. The van der Waals surface area contributed by atoms with E-state index < -0.39 is 0 Å². The van der Waals surface area contributed by atoms with Gasteiger partial charge in [0.15, 0.2) is 5.65 Å². The number of rotatable bonds is 3. The van der Waals surface area contributed by atoms with Crippen LogP contribution < -0.4 is 16.8 Å². The highest BCUT2D eigenvalue weighted by molar-refractivity contribution is 5.66. The average molecular weight is 282 g/mol. The summed E-state index contributed by atoms with van der Waals surface area (Å²) in [6.45, 7) is 4.21. The van der Waals surface area contributed by atoms with Gasteiger partial charge in [-0.2, -0.15) is 9.61 Å². The molecule has 108 valence electrons. The molecule has 3 rings (SSSR count). The molecule has 3 aromatic rings. The number of anilines is 4. The minimum absolute atomic E-state index is 0.331. The van der Waals surface area contributed by atoms with Crippen LogP contribution in [0.3, 0.4) is 0 Å². The minimum atomic E-state index is 0.331. The Labute approximate surface area is 122 Å². The highest BCUT2D eigenvalue weighted by atomic mass is 15.3. The zero-order valence-corrected chi connectivity index (χ0v) is 12.0. The number of hydrogen-bond acceptors (Lipinski definition) is 5. The summed E-state index contributed by atoms with van der Waals surface area (Å²) in [5.41, 5.74) is 15.1. The third kappa shape index (κ3) is 2.47. The van der Waals surface area contributed by atoms with Gasteiger partial charge in [0.25, 0.3) is 0 Å². The quantitative estimate of drug-likeness (QED) is 0.642. The summed E-state index contributed by atoms with van der Waals surface area (Å²) in [5, 5.41) is 7.69. The lowest BCUT2D eigenvalue weighted by Crippen LogP contribution is -2.04. The summed E-state index contributed by atoms with van der Waals surface area (Å²) in [7, 11) is 0. The molecule has 2 heterocycles. The van der Waals surface area contributed by atoms with Gasteiger partial charge in [0.1, 0.15) is 11.6 Å². The van der Waals surface area contributed by atoms with Crippen LogP contribution in [0.15, 0.2) is 36.5 Å². The minimum Gasteiger partial charge on any atom is -0.399 e. The Balaban J connectivity index is 2.10. The summed E-state index contributed by atoms with van der Waals surface area (Å²) in [6.07, 6.45) is 1.83. The summed E-state index contributed by atoms with van der Waals surface area (Å²) in [5.74, 6) is 1.54. The van der Waals surface area contributed by atoms with Crippen LogP contribution in [-0.2, 0) is 0 Å². The first-order chi connectivity index (χ1) is 10.0. The van der Waals surface area contributed by atoms with E-state index in [0.717, 1.165) is 22.7 Å². The molecule has 0 spiro atoms. The zero-order valence-electron chi connectivity index (χ0n) is 12.0. The average Bonchev–Trinajstić information content (AvgIpc) is 2.82. The van der Waals surface area contributed by atoms with Crippen molar-refractivity contribution in [3.05, 3.63) is 42.1 Å². The van der Waals surface area contributed by atoms with E-state index in [4.69, 9.17) is 11.5 Å². The van der Waals surface area contributed by atoms with Gasteiger partial charge in [0.05, 0.1) is 6.20 Å². The molecule has 0 bridgehead atoms. The Hall–Kier alpha value is -2.76. The van der Waals surface area contributed by atoms with Gasteiger partial charge < -0.3 is 16.8 Å². The van der Waals surface area contributed by atoms with E-state index >= 15 is 0 Å². The van der Waals surface area contributed by atoms with Gasteiger partial charge in [-0.25, -0.2) is 4.98 Å². The Morgan fingerprint density at radius 2 is 2.00 bits per heavy atom. The number of aromatic nitrogens is 3. The van der Waals surface area contributed by atoms with E-state index in [1.807, 2.05) is 30.5 Å². The zero-order chi connectivity index (χ0) is 15.0. The highest BCUT2D eigenvalue weighted by Gasteiger charge is 2.13. The molecule has 21 heavy (non-hydrogen) atoms. The Kier molecular flexibility index (Phi) is 3.13. The van der Waals surface area contributed by atoms with Crippen molar-refractivity contribution in [1.82, 2.24) is 14.6 Å². The van der Waals surface area contributed by atoms with E-state index in [1.165, 1.54) is 0 Å². The van der Waals surface area contributed by atoms with Crippen molar-refractivity contribution >= 4 is 28.7 Å². The van der Waals surface area contributed by atoms with E-state index in [0.29, 0.717) is 17.4 Å². The molecule has 0 atom stereocenters. The first-order valence-electron chi connectivity index (χ1n) is 6.81. The highest BCUT2D eigenvalue weighted by Crippen LogP contribution is 2.25. The van der Waals surface area contributed by atoms with Crippen LogP contribution in [0.4, 0.5) is 23.0 Å². The van der Waals surface area contributed by atoms with Gasteiger partial charge in [0, 0.05) is 23.0 Å². The molecule has 0 amide bonds. The van der Waals surface area contributed by atoms with Crippen molar-refractivity contribution in [2.24, 2.45) is 0 Å². The number of fused-ring (bicyclic) bond motifs is 1. The molecule has 0 fully saturated rings. The molecule has 0 aliphatic rings. The lowest BCUT2D eigenvalue weighted by Gasteiger charge is -2.10. The van der Waals surface area contributed by atoms with Gasteiger partial charge in [-0.15, -0.1) is 0 Å². The maximum atomic E-state index is 5.92. The Morgan fingerprint density at radius 3 is 2.71 bits per heavy atom. The summed E-state index contributed by atoms with van der Waals surface area (Å²) < 4.78 is 1.76. The third-order valence-electron chi connectivity index (χ3n) is 3.30. The smallest absolute Gasteiger partial charge is 0.163 e. The molecule has 5 N–H and O–H groups in total. The van der Waals surface area contributed by atoms with Crippen molar-refractivity contribution in [2.45, 2.75) is 19.8 Å². The Morgan fingerprint density at radius 1 is 1.19 bits per heavy atom. The predicted molar refractivity (Wildman–Crippen MR) is 85.6 cm³/mol. The van der Waals surface area contributed by atoms with Crippen LogP contribution in [-0.4, -0.2) is 14.6 Å². The van der Waals surface area contributed by atoms with Gasteiger partial charge in [-0.3, -0.25) is 0 Å². The van der Waals surface area contributed by atoms with E-state index in [-0.39, 0.29) is 0 Å². The molecular weight excluding hydrogens is 264 g/mol. The fourth-order valence-corrected chi connectivity index (χ4v) is 2.26. The monoisotopic (exact) mass is 282 g/mol. The molecule has 6 heteroatoms. The first kappa shape index (κ1) is 13.2. The molecule has 0 radical (unpaired) electrons. The molecule has 1 aromatic carbocycles. The largest absolute Gasteiger partial charge is 0.399 e. The fraction of sp³-hybridized carbons (Fsp3) is 0.200. The second-order valence-electron chi connectivity index (χ2n) is 5.31. The topological polar surface area (TPSA) is 94.3 Å². The number of nitrogens with one attached hydrogen (secondary N) is 1. The summed E-state index contributed by atoms with van der Waals surface area (Å²) in [6, 6.07) is 9.28. The lowest BCUT2D eigenvalue weighted by atomic mass is 10.1.